The Morgan fingerprint density at radius 3 is 2.75 bits per heavy atom. The summed E-state index contributed by atoms with van der Waals surface area (Å²) in [6.07, 6.45) is 9.85. The van der Waals surface area contributed by atoms with Crippen LogP contribution in [-0.2, 0) is 6.54 Å². The van der Waals surface area contributed by atoms with Gasteiger partial charge >= 0.3 is 0 Å². The highest BCUT2D eigenvalue weighted by atomic mass is 35.5. The normalized spacial score (nSPS) is 14.2. The van der Waals surface area contributed by atoms with Gasteiger partial charge in [-0.2, -0.15) is 5.10 Å². The Bertz CT molecular complexity index is 949. The lowest BCUT2D eigenvalue weighted by atomic mass is 10.2. The highest BCUT2D eigenvalue weighted by molar-refractivity contribution is 6.32. The number of nitrogens with zero attached hydrogens (tertiary/aromatic N) is 3. The van der Waals surface area contributed by atoms with E-state index in [2.05, 4.69) is 15.4 Å². The van der Waals surface area contributed by atoms with E-state index < -0.39 is 0 Å². The first-order valence-electron chi connectivity index (χ1n) is 9.38. The largest absolute Gasteiger partial charge is 0.474 e. The Morgan fingerprint density at radius 2 is 2.00 bits per heavy atom. The second kappa shape index (κ2) is 8.44. The molecule has 0 radical (unpaired) electrons. The van der Waals surface area contributed by atoms with Crippen molar-refractivity contribution in [2.24, 2.45) is 0 Å². The first kappa shape index (κ1) is 18.5. The number of nitrogens with one attached hydrogen (secondary N) is 1. The maximum atomic E-state index is 12.4. The van der Waals surface area contributed by atoms with E-state index in [0.29, 0.717) is 23.0 Å². The van der Waals surface area contributed by atoms with Crippen LogP contribution in [0.5, 0.6) is 5.88 Å². The molecule has 2 aromatic heterocycles. The van der Waals surface area contributed by atoms with Gasteiger partial charge in [-0.15, -0.1) is 0 Å². The molecule has 1 saturated carbocycles. The maximum Gasteiger partial charge on any atom is 0.254 e. The number of hydrogen-bond acceptors (Lipinski definition) is 4. The number of carbonyl (C=O) groups excluding carboxylic acids is 1. The molecule has 1 fully saturated rings. The predicted molar refractivity (Wildman–Crippen MR) is 107 cm³/mol. The average Bonchev–Trinajstić information content (AvgIpc) is 3.40. The lowest BCUT2D eigenvalue weighted by Gasteiger charge is -2.12. The van der Waals surface area contributed by atoms with E-state index in [1.54, 1.807) is 23.1 Å². The third-order valence-corrected chi connectivity index (χ3v) is 5.10. The van der Waals surface area contributed by atoms with Gasteiger partial charge in [0.05, 0.1) is 22.5 Å². The highest BCUT2D eigenvalue weighted by Gasteiger charge is 2.17. The topological polar surface area (TPSA) is 69.0 Å². The molecule has 6 nitrogen and oxygen atoms in total. The van der Waals surface area contributed by atoms with Gasteiger partial charge in [0.15, 0.2) is 0 Å². The molecule has 4 rings (SSSR count). The molecule has 2 heterocycles. The van der Waals surface area contributed by atoms with Crippen LogP contribution in [0.4, 0.5) is 0 Å². The zero-order valence-electron chi connectivity index (χ0n) is 15.3. The van der Waals surface area contributed by atoms with E-state index >= 15 is 0 Å². The Balaban J connectivity index is 1.33. The van der Waals surface area contributed by atoms with Crippen molar-refractivity contribution in [1.82, 2.24) is 20.1 Å². The van der Waals surface area contributed by atoms with Crippen LogP contribution in [0.1, 0.15) is 41.6 Å². The summed E-state index contributed by atoms with van der Waals surface area (Å²) in [7, 11) is 0. The van der Waals surface area contributed by atoms with Crippen molar-refractivity contribution in [3.05, 3.63) is 71.1 Å². The number of rotatable bonds is 6. The van der Waals surface area contributed by atoms with Crippen molar-refractivity contribution in [1.29, 1.82) is 0 Å². The van der Waals surface area contributed by atoms with Gasteiger partial charge in [0.1, 0.15) is 6.10 Å². The number of halogens is 1. The molecule has 1 aliphatic carbocycles. The Hall–Kier alpha value is -2.86. The quantitative estimate of drug-likeness (QED) is 0.678. The van der Waals surface area contributed by atoms with Crippen LogP contribution in [0.25, 0.3) is 5.69 Å². The van der Waals surface area contributed by atoms with Crippen molar-refractivity contribution in [3.8, 4) is 11.6 Å². The SMILES string of the molecule is O=C(NCc1ccc(OC2CCCC2)nc1)c1cnn(-c2ccccc2Cl)c1. The van der Waals surface area contributed by atoms with E-state index in [1.807, 2.05) is 30.3 Å². The first-order chi connectivity index (χ1) is 13.7. The fourth-order valence-corrected chi connectivity index (χ4v) is 3.48. The number of hydrogen-bond donors (Lipinski definition) is 1. The Morgan fingerprint density at radius 1 is 1.18 bits per heavy atom. The number of para-hydroxylation sites is 1. The summed E-state index contributed by atoms with van der Waals surface area (Å²) in [5.74, 6) is 0.438. The van der Waals surface area contributed by atoms with Gasteiger partial charge in [-0.1, -0.05) is 29.8 Å². The summed E-state index contributed by atoms with van der Waals surface area (Å²) in [5.41, 5.74) is 2.10. The van der Waals surface area contributed by atoms with Gasteiger partial charge in [-0.25, -0.2) is 9.67 Å². The van der Waals surface area contributed by atoms with Crippen LogP contribution < -0.4 is 10.1 Å². The molecule has 0 unspecified atom stereocenters. The van der Waals surface area contributed by atoms with E-state index in [9.17, 15) is 4.79 Å². The fraction of sp³-hybridized carbons (Fsp3) is 0.286. The maximum absolute atomic E-state index is 12.4. The Kier molecular flexibility index (Phi) is 5.58. The van der Waals surface area contributed by atoms with E-state index in [4.69, 9.17) is 16.3 Å². The smallest absolute Gasteiger partial charge is 0.254 e. The zero-order valence-corrected chi connectivity index (χ0v) is 16.1. The van der Waals surface area contributed by atoms with Crippen molar-refractivity contribution >= 4 is 17.5 Å². The second-order valence-electron chi connectivity index (χ2n) is 6.84. The minimum atomic E-state index is -0.204. The molecule has 3 aromatic rings. The summed E-state index contributed by atoms with van der Waals surface area (Å²) < 4.78 is 7.45. The van der Waals surface area contributed by atoms with Crippen LogP contribution in [0.2, 0.25) is 5.02 Å². The second-order valence-corrected chi connectivity index (χ2v) is 7.24. The molecule has 0 saturated heterocycles. The summed E-state index contributed by atoms with van der Waals surface area (Å²) in [6, 6.07) is 11.1. The van der Waals surface area contributed by atoms with Crippen molar-refractivity contribution in [3.63, 3.8) is 0 Å². The van der Waals surface area contributed by atoms with Gasteiger partial charge in [-0.05, 0) is 43.4 Å². The minimum Gasteiger partial charge on any atom is -0.474 e. The van der Waals surface area contributed by atoms with E-state index in [-0.39, 0.29) is 12.0 Å². The third-order valence-electron chi connectivity index (χ3n) is 4.78. The van der Waals surface area contributed by atoms with Gasteiger partial charge in [0.2, 0.25) is 5.88 Å². The number of aromatic nitrogens is 3. The first-order valence-corrected chi connectivity index (χ1v) is 9.76. The molecule has 0 bridgehead atoms. The molecule has 7 heteroatoms. The molecule has 1 N–H and O–H groups in total. The van der Waals surface area contributed by atoms with E-state index in [0.717, 1.165) is 24.1 Å². The molecular formula is C21H21ClN4O2. The molecule has 0 spiro atoms. The third kappa shape index (κ3) is 4.34. The number of carbonyl (C=O) groups is 1. The van der Waals surface area contributed by atoms with Crippen LogP contribution in [0.3, 0.4) is 0 Å². The van der Waals surface area contributed by atoms with Gasteiger partial charge in [0, 0.05) is 25.0 Å². The van der Waals surface area contributed by atoms with Crippen molar-refractivity contribution in [2.75, 3.05) is 0 Å². The lowest BCUT2D eigenvalue weighted by molar-refractivity contribution is 0.0951. The fourth-order valence-electron chi connectivity index (χ4n) is 3.26. The summed E-state index contributed by atoms with van der Waals surface area (Å²) in [6.45, 7) is 0.382. The van der Waals surface area contributed by atoms with Crippen molar-refractivity contribution in [2.45, 2.75) is 38.3 Å². The van der Waals surface area contributed by atoms with Gasteiger partial charge in [-0.3, -0.25) is 4.79 Å². The van der Waals surface area contributed by atoms with Crippen LogP contribution in [0.15, 0.2) is 55.0 Å². The number of amides is 1. The van der Waals surface area contributed by atoms with Gasteiger partial charge < -0.3 is 10.1 Å². The number of pyridine rings is 1. The molecule has 1 aromatic carbocycles. The summed E-state index contributed by atoms with van der Waals surface area (Å²) in [4.78, 5) is 16.7. The summed E-state index contributed by atoms with van der Waals surface area (Å²) in [5, 5.41) is 7.68. The lowest BCUT2D eigenvalue weighted by Crippen LogP contribution is -2.22. The standard InChI is InChI=1S/C21H21ClN4O2/c22-18-7-3-4-8-19(18)26-14-16(13-25-26)21(27)24-12-15-9-10-20(23-11-15)28-17-5-1-2-6-17/h3-4,7-11,13-14,17H,1-2,5-6,12H2,(H,24,27). The molecule has 144 valence electrons. The Labute approximate surface area is 168 Å². The molecular weight excluding hydrogens is 376 g/mol. The number of benzene rings is 1. The van der Waals surface area contributed by atoms with Crippen LogP contribution in [0, 0.1) is 0 Å². The minimum absolute atomic E-state index is 0.204. The molecule has 28 heavy (non-hydrogen) atoms. The van der Waals surface area contributed by atoms with Gasteiger partial charge in [0.25, 0.3) is 5.91 Å². The van der Waals surface area contributed by atoms with E-state index in [1.165, 1.54) is 19.0 Å². The molecule has 1 amide bonds. The monoisotopic (exact) mass is 396 g/mol. The van der Waals surface area contributed by atoms with Crippen molar-refractivity contribution < 1.29 is 9.53 Å². The molecule has 0 atom stereocenters. The highest BCUT2D eigenvalue weighted by Crippen LogP contribution is 2.23. The summed E-state index contributed by atoms with van der Waals surface area (Å²) >= 11 is 6.18. The van der Waals surface area contributed by atoms with Crippen LogP contribution in [-0.4, -0.2) is 26.8 Å². The van der Waals surface area contributed by atoms with Crippen LogP contribution >= 0.6 is 11.6 Å². The number of ether oxygens (including phenoxy) is 1. The predicted octanol–water partition coefficient (Wildman–Crippen LogP) is 4.17. The molecule has 1 aliphatic rings. The zero-order chi connectivity index (χ0) is 19.3. The molecule has 0 aliphatic heterocycles. The average molecular weight is 397 g/mol.